The highest BCUT2D eigenvalue weighted by atomic mass is 15.3. The molecule has 3 aliphatic rings. The van der Waals surface area contributed by atoms with Crippen LogP contribution in [0.4, 0.5) is 0 Å². The number of hydrogen-bond donors (Lipinski definition) is 6. The molecule has 2 aliphatic heterocycles. The second-order valence-electron chi connectivity index (χ2n) is 8.76. The Morgan fingerprint density at radius 3 is 1.93 bits per heavy atom. The van der Waals surface area contributed by atoms with Crippen LogP contribution in [0, 0.1) is 102 Å². The third-order valence-electron chi connectivity index (χ3n) is 6.39. The molecule has 1 saturated heterocycles. The van der Waals surface area contributed by atoms with Gasteiger partial charge in [0.1, 0.15) is 41.8 Å². The highest BCUT2D eigenvalue weighted by Crippen LogP contribution is 2.52. The molecule has 5 unspecified atom stereocenters. The van der Waals surface area contributed by atoms with Gasteiger partial charge in [-0.1, -0.05) is 0 Å². The van der Waals surface area contributed by atoms with Gasteiger partial charge in [-0.3, -0.25) is 20.9 Å². The van der Waals surface area contributed by atoms with Crippen LogP contribution in [0.5, 0.6) is 0 Å². The van der Waals surface area contributed by atoms with E-state index in [1.807, 2.05) is 36.4 Å². The van der Waals surface area contributed by atoms with Crippen molar-refractivity contribution in [3.05, 3.63) is 33.4 Å². The minimum Gasteiger partial charge on any atom is -0.335 e. The molecule has 18 heteroatoms. The van der Waals surface area contributed by atoms with Crippen molar-refractivity contribution < 1.29 is 0 Å². The number of hydrogen-bond acceptors (Lipinski definition) is 18. The lowest BCUT2D eigenvalue weighted by molar-refractivity contribution is 0.234. The van der Waals surface area contributed by atoms with E-state index in [4.69, 9.17) is 11.5 Å². The summed E-state index contributed by atoms with van der Waals surface area (Å²) in [5.41, 5.74) is 11.4. The van der Waals surface area contributed by atoms with Gasteiger partial charge in [-0.2, -0.15) is 47.4 Å². The summed E-state index contributed by atoms with van der Waals surface area (Å²) < 4.78 is 0. The first kappa shape index (κ1) is 31.1. The molecule has 18 nitrogen and oxygen atoms in total. The van der Waals surface area contributed by atoms with Gasteiger partial charge in [0.05, 0.1) is 59.8 Å². The Bertz CT molecular complexity index is 1740. The van der Waals surface area contributed by atoms with Crippen LogP contribution in [-0.4, -0.2) is 66.5 Å². The molecule has 0 bridgehead atoms. The normalized spacial score (nSPS) is 27.7. The van der Waals surface area contributed by atoms with Gasteiger partial charge < -0.3 is 16.8 Å². The summed E-state index contributed by atoms with van der Waals surface area (Å²) in [6.45, 7) is 0. The van der Waals surface area contributed by atoms with Crippen LogP contribution >= 0.6 is 0 Å². The number of nitrogens with one attached hydrogen (secondary N) is 4. The summed E-state index contributed by atoms with van der Waals surface area (Å²) in [6.07, 6.45) is -5.86. The van der Waals surface area contributed by atoms with E-state index in [1.54, 1.807) is 18.2 Å². The van der Waals surface area contributed by atoms with Crippen LogP contribution < -0.4 is 32.7 Å². The SMILES string of the molecule is CN(C(N)C#N)C(C#N)[C@@H](N)/C(C#N)=C1/C(=C(C#N)C2=NC(C#N)=NC(C#N)N2)/C1=C(/C#N)C1NC(C#N)NC(C#N)N1. The van der Waals surface area contributed by atoms with Crippen LogP contribution in [0.25, 0.3) is 0 Å². The van der Waals surface area contributed by atoms with Crippen molar-refractivity contribution in [1.82, 2.24) is 26.2 Å². The van der Waals surface area contributed by atoms with Crippen molar-refractivity contribution in [1.29, 1.82) is 47.4 Å². The van der Waals surface area contributed by atoms with Crippen LogP contribution in [0.3, 0.4) is 0 Å². The average molecular weight is 571 g/mol. The first-order valence-electron chi connectivity index (χ1n) is 11.9. The summed E-state index contributed by atoms with van der Waals surface area (Å²) in [7, 11) is 1.35. The van der Waals surface area contributed by atoms with E-state index in [-0.39, 0.29) is 39.3 Å². The fourth-order valence-corrected chi connectivity index (χ4v) is 4.27. The molecule has 1 saturated carbocycles. The van der Waals surface area contributed by atoms with E-state index in [0.717, 1.165) is 4.90 Å². The molecular weight excluding hydrogens is 552 g/mol. The molecule has 0 aromatic heterocycles. The number of likely N-dealkylation sites (N-methyl/N-ethyl adjacent to an activating group) is 1. The van der Waals surface area contributed by atoms with Gasteiger partial charge in [-0.15, -0.1) is 0 Å². The number of allylic oxidation sites excluding steroid dienone is 3. The van der Waals surface area contributed by atoms with Gasteiger partial charge in [0.15, 0.2) is 12.3 Å². The lowest BCUT2D eigenvalue weighted by Gasteiger charge is -2.32. The van der Waals surface area contributed by atoms with Gasteiger partial charge in [0, 0.05) is 16.7 Å². The van der Waals surface area contributed by atoms with E-state index >= 15 is 0 Å². The predicted octanol–water partition coefficient (Wildman–Crippen LogP) is -3.00. The second kappa shape index (κ2) is 13.3. The zero-order valence-electron chi connectivity index (χ0n) is 22.1. The van der Waals surface area contributed by atoms with Crippen LogP contribution in [0.1, 0.15) is 0 Å². The maximum atomic E-state index is 10.2. The van der Waals surface area contributed by atoms with Crippen LogP contribution in [0.2, 0.25) is 0 Å². The lowest BCUT2D eigenvalue weighted by Crippen LogP contribution is -2.66. The van der Waals surface area contributed by atoms with Crippen molar-refractivity contribution in [2.75, 3.05) is 7.05 Å². The summed E-state index contributed by atoms with van der Waals surface area (Å²) >= 11 is 0. The first-order valence-corrected chi connectivity index (χ1v) is 11.9. The van der Waals surface area contributed by atoms with E-state index in [1.165, 1.54) is 7.05 Å². The quantitative estimate of drug-likeness (QED) is 0.137. The fraction of sp³-hybridized carbons (Fsp3) is 0.320. The number of nitriles is 9. The summed E-state index contributed by atoms with van der Waals surface area (Å²) in [6, 6.07) is 14.0. The minimum absolute atomic E-state index is 0.00859. The van der Waals surface area contributed by atoms with Gasteiger partial charge in [0.25, 0.3) is 0 Å². The molecule has 0 aromatic carbocycles. The molecule has 43 heavy (non-hydrogen) atoms. The molecule has 0 spiro atoms. The number of aliphatic imine (C=N–C) groups is 2. The van der Waals surface area contributed by atoms with Gasteiger partial charge in [-0.25, -0.2) is 9.98 Å². The smallest absolute Gasteiger partial charge is 0.232 e. The maximum absolute atomic E-state index is 10.2. The Hall–Kier alpha value is -6.47. The first-order chi connectivity index (χ1) is 20.7. The summed E-state index contributed by atoms with van der Waals surface area (Å²) in [5, 5.41) is 98.1. The van der Waals surface area contributed by atoms with E-state index in [0.29, 0.717) is 0 Å². The Balaban J connectivity index is 2.37. The van der Waals surface area contributed by atoms with Crippen molar-refractivity contribution >= 4 is 11.7 Å². The standard InChI is InChI=1S/C25H18N18/c1-43(15(35)6-30)14(5-29)23(36)11(2-26)20-21(12(3-27)24-39-16(7-31)37-17(8-32)40-24)22(20)13(4-28)25-41-18(9-33)38-19(10-34)42-25/h14-18,23-24,37,39-40H,35-36H2,1H3,(H,38,41,42)/b20-11+,21-12-,22-13?/t14?,15?,16?,17?,18?,23-,24?/m0/s1. The van der Waals surface area contributed by atoms with Gasteiger partial charge in [-0.05, 0) is 7.05 Å². The topological polar surface area (TPSA) is 342 Å². The molecule has 2 heterocycles. The number of rotatable bonds is 6. The monoisotopic (exact) mass is 570 g/mol. The summed E-state index contributed by atoms with van der Waals surface area (Å²) in [4.78, 5) is 8.88. The zero-order valence-corrected chi connectivity index (χ0v) is 22.1. The fourth-order valence-electron chi connectivity index (χ4n) is 4.27. The molecule has 0 aromatic rings. The number of amidine groups is 2. The third kappa shape index (κ3) is 6.01. The summed E-state index contributed by atoms with van der Waals surface area (Å²) in [5.74, 6) is -0.683. The molecule has 6 atom stereocenters. The molecule has 1 aliphatic carbocycles. The van der Waals surface area contributed by atoms with E-state index in [2.05, 4.69) is 31.3 Å². The molecule has 3 rings (SSSR count). The second-order valence-corrected chi connectivity index (χ2v) is 8.76. The zero-order chi connectivity index (χ0) is 31.8. The lowest BCUT2D eigenvalue weighted by atomic mass is 9.98. The Labute approximate surface area is 244 Å². The minimum atomic E-state index is -1.42. The highest BCUT2D eigenvalue weighted by molar-refractivity contribution is 6.16. The van der Waals surface area contributed by atoms with Crippen LogP contribution in [0.15, 0.2) is 43.4 Å². The molecule has 8 N–H and O–H groups in total. The van der Waals surface area contributed by atoms with E-state index in [9.17, 15) is 47.4 Å². The Morgan fingerprint density at radius 1 is 0.814 bits per heavy atom. The third-order valence-corrected chi connectivity index (χ3v) is 6.39. The van der Waals surface area contributed by atoms with Crippen molar-refractivity contribution in [2.45, 2.75) is 42.9 Å². The Kier molecular flexibility index (Phi) is 9.58. The Morgan fingerprint density at radius 2 is 1.47 bits per heavy atom. The number of nitrogens with zero attached hydrogens (tertiary/aromatic N) is 12. The number of nitrogens with two attached hydrogens (primary N) is 2. The molecule has 0 amide bonds. The highest BCUT2D eigenvalue weighted by Gasteiger charge is 2.46. The van der Waals surface area contributed by atoms with Crippen molar-refractivity contribution in [3.8, 4) is 54.6 Å². The molecule has 0 radical (unpaired) electrons. The van der Waals surface area contributed by atoms with Crippen molar-refractivity contribution in [3.63, 3.8) is 0 Å². The van der Waals surface area contributed by atoms with Gasteiger partial charge >= 0.3 is 0 Å². The molecule has 2 fully saturated rings. The van der Waals surface area contributed by atoms with E-state index < -0.39 is 48.7 Å². The van der Waals surface area contributed by atoms with Crippen LogP contribution in [-0.2, 0) is 0 Å². The maximum Gasteiger partial charge on any atom is 0.232 e. The molecule has 208 valence electrons. The molecular formula is C25H18N18. The predicted molar refractivity (Wildman–Crippen MR) is 142 cm³/mol. The van der Waals surface area contributed by atoms with Gasteiger partial charge in [0.2, 0.25) is 12.0 Å². The largest absolute Gasteiger partial charge is 0.335 e. The average Bonchev–Trinajstić information content (AvgIpc) is 3.74. The van der Waals surface area contributed by atoms with Crippen molar-refractivity contribution in [2.24, 2.45) is 21.5 Å².